The number of carbonyl (C=O) groups is 2. The summed E-state index contributed by atoms with van der Waals surface area (Å²) in [5.41, 5.74) is 0.449. The number of hydrogen-bond donors (Lipinski definition) is 1. The van der Waals surface area contributed by atoms with Crippen LogP contribution in [0.1, 0.15) is 15.9 Å². The molecule has 0 fully saturated rings. The van der Waals surface area contributed by atoms with E-state index in [1.165, 1.54) is 12.1 Å². The summed E-state index contributed by atoms with van der Waals surface area (Å²) in [7, 11) is 0. The molecule has 0 atom stereocenters. The molecule has 1 N–H and O–H groups in total. The fraction of sp³-hybridized carbons (Fsp3) is 0.176. The van der Waals surface area contributed by atoms with Crippen LogP contribution in [0.2, 0.25) is 5.02 Å². The van der Waals surface area contributed by atoms with Gasteiger partial charge in [0.05, 0.1) is 10.6 Å². The summed E-state index contributed by atoms with van der Waals surface area (Å²) in [6, 6.07) is 9.47. The Morgan fingerprint density at radius 1 is 1.12 bits per heavy atom. The molecule has 2 aromatic carbocycles. The highest BCUT2D eigenvalue weighted by atomic mass is 35.5. The lowest BCUT2D eigenvalue weighted by atomic mass is 10.1. The number of esters is 1. The van der Waals surface area contributed by atoms with Crippen molar-refractivity contribution >= 4 is 23.5 Å². The van der Waals surface area contributed by atoms with Crippen LogP contribution in [0.4, 0.5) is 8.78 Å². The largest absolute Gasteiger partial charge is 0.452 e. The van der Waals surface area contributed by atoms with Gasteiger partial charge < -0.3 is 10.1 Å². The highest BCUT2D eigenvalue weighted by molar-refractivity contribution is 6.33. The minimum absolute atomic E-state index is 0.0303. The first-order valence-corrected chi connectivity index (χ1v) is 7.47. The molecule has 24 heavy (non-hydrogen) atoms. The van der Waals surface area contributed by atoms with Gasteiger partial charge >= 0.3 is 5.97 Å². The molecule has 1 amide bonds. The third-order valence-electron chi connectivity index (χ3n) is 3.16. The standard InChI is InChI=1S/C17H14ClF2NO3/c18-14-9-12(19)5-6-13(14)17(23)24-10-16(22)21-8-7-11-3-1-2-4-15(11)20/h1-6,9H,7-8,10H2,(H,21,22). The second kappa shape index (κ2) is 8.40. The Bertz CT molecular complexity index is 752. The predicted octanol–water partition coefficient (Wildman–Crippen LogP) is 3.13. The monoisotopic (exact) mass is 353 g/mol. The third-order valence-corrected chi connectivity index (χ3v) is 3.47. The average Bonchev–Trinajstić information content (AvgIpc) is 2.54. The zero-order chi connectivity index (χ0) is 17.5. The number of benzene rings is 2. The Balaban J connectivity index is 1.77. The zero-order valence-corrected chi connectivity index (χ0v) is 13.3. The molecule has 0 aromatic heterocycles. The highest BCUT2D eigenvalue weighted by Gasteiger charge is 2.14. The van der Waals surface area contributed by atoms with Gasteiger partial charge in [-0.2, -0.15) is 0 Å². The first-order valence-electron chi connectivity index (χ1n) is 7.09. The first-order chi connectivity index (χ1) is 11.5. The number of ether oxygens (including phenoxy) is 1. The van der Waals surface area contributed by atoms with Crippen molar-refractivity contribution in [3.8, 4) is 0 Å². The molecule has 2 rings (SSSR count). The van der Waals surface area contributed by atoms with Crippen molar-refractivity contribution in [2.45, 2.75) is 6.42 Å². The summed E-state index contributed by atoms with van der Waals surface area (Å²) in [6.45, 7) is -0.307. The predicted molar refractivity (Wildman–Crippen MR) is 84.8 cm³/mol. The van der Waals surface area contributed by atoms with Crippen molar-refractivity contribution in [3.05, 3.63) is 70.2 Å². The Hall–Kier alpha value is -2.47. The quantitative estimate of drug-likeness (QED) is 0.812. The van der Waals surface area contributed by atoms with Gasteiger partial charge in [0.15, 0.2) is 6.61 Å². The van der Waals surface area contributed by atoms with Gasteiger partial charge in [-0.1, -0.05) is 29.8 Å². The van der Waals surface area contributed by atoms with Crippen LogP contribution < -0.4 is 5.32 Å². The van der Waals surface area contributed by atoms with Gasteiger partial charge in [-0.15, -0.1) is 0 Å². The van der Waals surface area contributed by atoms with E-state index in [1.54, 1.807) is 18.2 Å². The van der Waals surface area contributed by atoms with Crippen molar-refractivity contribution in [2.24, 2.45) is 0 Å². The van der Waals surface area contributed by atoms with E-state index in [0.29, 0.717) is 12.0 Å². The van der Waals surface area contributed by atoms with Crippen LogP contribution >= 0.6 is 11.6 Å². The fourth-order valence-corrected chi connectivity index (χ4v) is 2.20. The van der Waals surface area contributed by atoms with Crippen LogP contribution in [-0.4, -0.2) is 25.0 Å². The molecule has 0 radical (unpaired) electrons. The number of carbonyl (C=O) groups excluding carboxylic acids is 2. The summed E-state index contributed by atoms with van der Waals surface area (Å²) in [5.74, 6) is -2.28. The Kier molecular flexibility index (Phi) is 6.26. The molecule has 0 aliphatic rings. The second-order valence-corrected chi connectivity index (χ2v) is 5.30. The maximum Gasteiger partial charge on any atom is 0.340 e. The second-order valence-electron chi connectivity index (χ2n) is 4.89. The van der Waals surface area contributed by atoms with E-state index < -0.39 is 24.3 Å². The van der Waals surface area contributed by atoms with Crippen LogP contribution in [0, 0.1) is 11.6 Å². The van der Waals surface area contributed by atoms with Crippen LogP contribution in [0.25, 0.3) is 0 Å². The van der Waals surface area contributed by atoms with E-state index in [2.05, 4.69) is 5.32 Å². The van der Waals surface area contributed by atoms with Crippen LogP contribution in [0.5, 0.6) is 0 Å². The molecular weight excluding hydrogens is 340 g/mol. The van der Waals surface area contributed by atoms with Gasteiger partial charge in [0.2, 0.25) is 0 Å². The van der Waals surface area contributed by atoms with E-state index in [9.17, 15) is 18.4 Å². The van der Waals surface area contributed by atoms with Gasteiger partial charge in [0, 0.05) is 6.54 Å². The summed E-state index contributed by atoms with van der Waals surface area (Å²) in [6.07, 6.45) is 0.316. The fourth-order valence-electron chi connectivity index (χ4n) is 1.95. The Morgan fingerprint density at radius 2 is 1.88 bits per heavy atom. The molecule has 0 aliphatic heterocycles. The number of hydrogen-bond acceptors (Lipinski definition) is 3. The number of amides is 1. The third kappa shape index (κ3) is 5.03. The van der Waals surface area contributed by atoms with Crippen molar-refractivity contribution in [1.82, 2.24) is 5.32 Å². The van der Waals surface area contributed by atoms with Gasteiger partial charge in [0.1, 0.15) is 11.6 Å². The number of halogens is 3. The van der Waals surface area contributed by atoms with Crippen LogP contribution in [0.3, 0.4) is 0 Å². The summed E-state index contributed by atoms with van der Waals surface area (Å²) >= 11 is 5.73. The molecule has 126 valence electrons. The molecule has 0 spiro atoms. The van der Waals surface area contributed by atoms with E-state index in [4.69, 9.17) is 16.3 Å². The summed E-state index contributed by atoms with van der Waals surface area (Å²) in [4.78, 5) is 23.4. The highest BCUT2D eigenvalue weighted by Crippen LogP contribution is 2.18. The molecule has 4 nitrogen and oxygen atoms in total. The van der Waals surface area contributed by atoms with E-state index in [0.717, 1.165) is 12.1 Å². The van der Waals surface area contributed by atoms with Crippen LogP contribution in [-0.2, 0) is 16.0 Å². The molecule has 0 saturated carbocycles. The lowest BCUT2D eigenvalue weighted by Gasteiger charge is -2.08. The molecule has 0 aliphatic carbocycles. The topological polar surface area (TPSA) is 55.4 Å². The molecular formula is C17H14ClF2NO3. The number of rotatable bonds is 6. The SMILES string of the molecule is O=C(COC(=O)c1ccc(F)cc1Cl)NCCc1ccccc1F. The lowest BCUT2D eigenvalue weighted by molar-refractivity contribution is -0.124. The van der Waals surface area contributed by atoms with Crippen molar-refractivity contribution in [2.75, 3.05) is 13.2 Å². The zero-order valence-electron chi connectivity index (χ0n) is 12.5. The average molecular weight is 354 g/mol. The molecule has 0 heterocycles. The van der Waals surface area contributed by atoms with Gasteiger partial charge in [-0.25, -0.2) is 13.6 Å². The smallest absolute Gasteiger partial charge is 0.340 e. The normalized spacial score (nSPS) is 10.3. The van der Waals surface area contributed by atoms with Crippen molar-refractivity contribution in [1.29, 1.82) is 0 Å². The minimum Gasteiger partial charge on any atom is -0.452 e. The molecule has 0 bridgehead atoms. The summed E-state index contributed by atoms with van der Waals surface area (Å²) < 4.78 is 31.1. The Morgan fingerprint density at radius 3 is 2.58 bits per heavy atom. The lowest BCUT2D eigenvalue weighted by Crippen LogP contribution is -2.30. The minimum atomic E-state index is -0.829. The van der Waals surface area contributed by atoms with E-state index in [-0.39, 0.29) is 22.9 Å². The van der Waals surface area contributed by atoms with Crippen LogP contribution in [0.15, 0.2) is 42.5 Å². The molecule has 0 saturated heterocycles. The summed E-state index contributed by atoms with van der Waals surface area (Å²) in [5, 5.41) is 2.42. The van der Waals surface area contributed by atoms with Gasteiger partial charge in [-0.3, -0.25) is 4.79 Å². The van der Waals surface area contributed by atoms with Gasteiger partial charge in [0.25, 0.3) is 5.91 Å². The van der Waals surface area contributed by atoms with Gasteiger partial charge in [-0.05, 0) is 36.2 Å². The molecule has 7 heteroatoms. The first kappa shape index (κ1) is 17.9. The maximum atomic E-state index is 13.4. The molecule has 0 unspecified atom stereocenters. The maximum absolute atomic E-state index is 13.4. The van der Waals surface area contributed by atoms with Crippen molar-refractivity contribution in [3.63, 3.8) is 0 Å². The van der Waals surface area contributed by atoms with Crippen molar-refractivity contribution < 1.29 is 23.1 Å². The Labute approximate surface area is 142 Å². The number of nitrogens with one attached hydrogen (secondary N) is 1. The van der Waals surface area contributed by atoms with E-state index in [1.807, 2.05) is 0 Å². The molecule has 2 aromatic rings. The van der Waals surface area contributed by atoms with E-state index >= 15 is 0 Å².